The molecule has 2 aromatic carbocycles. The molecule has 3 rings (SSSR count). The van der Waals surface area contributed by atoms with Crippen LogP contribution in [0.4, 0.5) is 16.4 Å². The minimum absolute atomic E-state index is 0.233. The number of urea groups is 1. The van der Waals surface area contributed by atoms with Crippen molar-refractivity contribution in [2.45, 2.75) is 20.4 Å². The molecule has 0 saturated heterocycles. The fourth-order valence-electron chi connectivity index (χ4n) is 2.73. The lowest BCUT2D eigenvalue weighted by atomic mass is 10.2. The van der Waals surface area contributed by atoms with Crippen LogP contribution in [0, 0.1) is 13.8 Å². The lowest BCUT2D eigenvalue weighted by Crippen LogP contribution is -2.39. The maximum Gasteiger partial charge on any atom is 0.326 e. The number of nitrogens with zero attached hydrogens (tertiary/aromatic N) is 3. The SMILES string of the molecule is COc1cccc(CN=C(NC(=O)Nc2ccccc2)Nc2nc(C)cc(C)n2)c1. The van der Waals surface area contributed by atoms with Crippen molar-refractivity contribution in [1.29, 1.82) is 0 Å². The van der Waals surface area contributed by atoms with Gasteiger partial charge in [0.25, 0.3) is 0 Å². The molecule has 30 heavy (non-hydrogen) atoms. The van der Waals surface area contributed by atoms with Gasteiger partial charge in [-0.15, -0.1) is 0 Å². The van der Waals surface area contributed by atoms with Gasteiger partial charge in [-0.05, 0) is 49.7 Å². The van der Waals surface area contributed by atoms with E-state index in [1.165, 1.54) is 0 Å². The first kappa shape index (κ1) is 20.8. The van der Waals surface area contributed by atoms with Crippen molar-refractivity contribution in [3.05, 3.63) is 77.6 Å². The largest absolute Gasteiger partial charge is 0.497 e. The average molecular weight is 404 g/mol. The maximum atomic E-state index is 12.5. The summed E-state index contributed by atoms with van der Waals surface area (Å²) in [6, 6.07) is 18.2. The Morgan fingerprint density at radius 1 is 0.967 bits per heavy atom. The summed E-state index contributed by atoms with van der Waals surface area (Å²) >= 11 is 0. The van der Waals surface area contributed by atoms with Crippen LogP contribution in [0.3, 0.4) is 0 Å². The molecule has 3 aromatic rings. The number of ether oxygens (including phenoxy) is 1. The van der Waals surface area contributed by atoms with Gasteiger partial charge in [-0.25, -0.2) is 19.8 Å². The topological polar surface area (TPSA) is 101 Å². The molecule has 3 N–H and O–H groups in total. The van der Waals surface area contributed by atoms with Crippen LogP contribution in [0.15, 0.2) is 65.7 Å². The number of hydrogen-bond acceptors (Lipinski definition) is 5. The fourth-order valence-corrected chi connectivity index (χ4v) is 2.73. The number of anilines is 2. The standard InChI is InChI=1S/C22H24N6O2/c1-15-12-16(2)25-21(24-15)27-20(23-14-17-8-7-11-19(13-17)30-3)28-22(29)26-18-9-5-4-6-10-18/h4-13H,14H2,1-3H3,(H3,23,24,25,26,27,28,29). The number of nitrogens with one attached hydrogen (secondary N) is 3. The average Bonchev–Trinajstić information content (AvgIpc) is 2.72. The van der Waals surface area contributed by atoms with E-state index in [2.05, 4.69) is 30.9 Å². The minimum Gasteiger partial charge on any atom is -0.497 e. The van der Waals surface area contributed by atoms with Crippen LogP contribution in [0.2, 0.25) is 0 Å². The number of aromatic nitrogens is 2. The highest BCUT2D eigenvalue weighted by atomic mass is 16.5. The summed E-state index contributed by atoms with van der Waals surface area (Å²) in [5, 5.41) is 8.50. The van der Waals surface area contributed by atoms with E-state index in [1.54, 1.807) is 19.2 Å². The number of rotatable bonds is 5. The van der Waals surface area contributed by atoms with Gasteiger partial charge in [-0.2, -0.15) is 0 Å². The van der Waals surface area contributed by atoms with Gasteiger partial charge in [-0.1, -0.05) is 30.3 Å². The Hall–Kier alpha value is -3.94. The molecule has 0 aliphatic heterocycles. The number of guanidine groups is 1. The lowest BCUT2D eigenvalue weighted by molar-refractivity contribution is 0.256. The summed E-state index contributed by atoms with van der Waals surface area (Å²) in [5.74, 6) is 1.33. The molecule has 0 saturated carbocycles. The highest BCUT2D eigenvalue weighted by Gasteiger charge is 2.09. The highest BCUT2D eigenvalue weighted by Crippen LogP contribution is 2.13. The molecule has 0 fully saturated rings. The van der Waals surface area contributed by atoms with Crippen LogP contribution < -0.4 is 20.7 Å². The summed E-state index contributed by atoms with van der Waals surface area (Å²) in [7, 11) is 1.61. The van der Waals surface area contributed by atoms with Gasteiger partial charge >= 0.3 is 6.03 Å². The third-order valence-corrected chi connectivity index (χ3v) is 4.03. The van der Waals surface area contributed by atoms with Gasteiger partial charge in [0, 0.05) is 17.1 Å². The predicted octanol–water partition coefficient (Wildman–Crippen LogP) is 3.89. The predicted molar refractivity (Wildman–Crippen MR) is 118 cm³/mol. The third-order valence-electron chi connectivity index (χ3n) is 4.03. The first-order valence-corrected chi connectivity index (χ1v) is 9.41. The number of aryl methyl sites for hydroxylation is 2. The molecule has 0 aliphatic carbocycles. The van der Waals surface area contributed by atoms with Gasteiger partial charge in [0.15, 0.2) is 0 Å². The zero-order chi connectivity index (χ0) is 21.3. The molecule has 0 aliphatic rings. The highest BCUT2D eigenvalue weighted by molar-refractivity contribution is 6.06. The van der Waals surface area contributed by atoms with Crippen LogP contribution >= 0.6 is 0 Å². The van der Waals surface area contributed by atoms with Gasteiger partial charge in [0.1, 0.15) is 5.75 Å². The molecule has 0 atom stereocenters. The normalized spacial score (nSPS) is 11.0. The van der Waals surface area contributed by atoms with Crippen molar-refractivity contribution >= 4 is 23.6 Å². The van der Waals surface area contributed by atoms with Crippen molar-refractivity contribution in [1.82, 2.24) is 15.3 Å². The van der Waals surface area contributed by atoms with Crippen molar-refractivity contribution in [3.63, 3.8) is 0 Å². The number of carbonyl (C=O) groups excluding carboxylic acids is 1. The van der Waals surface area contributed by atoms with Crippen LogP contribution in [-0.2, 0) is 6.54 Å². The van der Waals surface area contributed by atoms with E-state index >= 15 is 0 Å². The molecule has 154 valence electrons. The number of methoxy groups -OCH3 is 1. The Labute approximate surface area is 175 Å². The van der Waals surface area contributed by atoms with Crippen LogP contribution in [0.25, 0.3) is 0 Å². The second-order valence-corrected chi connectivity index (χ2v) is 6.56. The van der Waals surface area contributed by atoms with Crippen molar-refractivity contribution in [3.8, 4) is 5.75 Å². The maximum absolute atomic E-state index is 12.5. The molecule has 8 heteroatoms. The fraction of sp³-hybridized carbons (Fsp3) is 0.182. The number of carbonyl (C=O) groups is 1. The molecule has 8 nitrogen and oxygen atoms in total. The number of aliphatic imine (C=N–C) groups is 1. The van der Waals surface area contributed by atoms with Gasteiger partial charge in [0.2, 0.25) is 11.9 Å². The molecule has 0 unspecified atom stereocenters. The van der Waals surface area contributed by atoms with E-state index in [4.69, 9.17) is 4.74 Å². The minimum atomic E-state index is -0.428. The molecule has 0 bridgehead atoms. The molecular weight excluding hydrogens is 380 g/mol. The number of amides is 2. The van der Waals surface area contributed by atoms with E-state index in [9.17, 15) is 4.79 Å². The molecule has 2 amide bonds. The van der Waals surface area contributed by atoms with Gasteiger partial charge in [0.05, 0.1) is 13.7 Å². The zero-order valence-electron chi connectivity index (χ0n) is 17.1. The summed E-state index contributed by atoms with van der Waals surface area (Å²) in [6.45, 7) is 4.08. The Balaban J connectivity index is 1.78. The summed E-state index contributed by atoms with van der Waals surface area (Å²) in [5.41, 5.74) is 3.22. The molecule has 0 radical (unpaired) electrons. The Morgan fingerprint density at radius 2 is 1.70 bits per heavy atom. The molecule has 0 spiro atoms. The van der Waals surface area contributed by atoms with E-state index in [1.807, 2.05) is 62.4 Å². The Kier molecular flexibility index (Phi) is 6.94. The van der Waals surface area contributed by atoms with Crippen LogP contribution in [0.1, 0.15) is 17.0 Å². The Morgan fingerprint density at radius 3 is 2.40 bits per heavy atom. The number of benzene rings is 2. The van der Waals surface area contributed by atoms with E-state index in [-0.39, 0.29) is 5.96 Å². The van der Waals surface area contributed by atoms with E-state index < -0.39 is 6.03 Å². The molecular formula is C22H24N6O2. The smallest absolute Gasteiger partial charge is 0.326 e. The number of hydrogen-bond donors (Lipinski definition) is 3. The quantitative estimate of drug-likeness (QED) is 0.442. The molecule has 1 heterocycles. The zero-order valence-corrected chi connectivity index (χ0v) is 17.1. The first-order chi connectivity index (χ1) is 14.5. The summed E-state index contributed by atoms with van der Waals surface area (Å²) in [6.07, 6.45) is 0. The molecule has 1 aromatic heterocycles. The van der Waals surface area contributed by atoms with E-state index in [0.717, 1.165) is 22.7 Å². The van der Waals surface area contributed by atoms with Crippen LogP contribution in [-0.4, -0.2) is 29.1 Å². The summed E-state index contributed by atoms with van der Waals surface area (Å²) in [4.78, 5) is 25.7. The van der Waals surface area contributed by atoms with Gasteiger partial charge < -0.3 is 10.1 Å². The van der Waals surface area contributed by atoms with Gasteiger partial charge in [-0.3, -0.25) is 10.6 Å². The first-order valence-electron chi connectivity index (χ1n) is 9.41. The van der Waals surface area contributed by atoms with Crippen molar-refractivity contribution in [2.24, 2.45) is 4.99 Å². The summed E-state index contributed by atoms with van der Waals surface area (Å²) < 4.78 is 5.25. The van der Waals surface area contributed by atoms with Crippen LogP contribution in [0.5, 0.6) is 5.75 Å². The number of para-hydroxylation sites is 1. The van der Waals surface area contributed by atoms with Crippen molar-refractivity contribution < 1.29 is 9.53 Å². The second-order valence-electron chi connectivity index (χ2n) is 6.56. The lowest BCUT2D eigenvalue weighted by Gasteiger charge is -2.12. The second kappa shape index (κ2) is 10.0. The van der Waals surface area contributed by atoms with E-state index in [0.29, 0.717) is 18.2 Å². The third kappa shape index (κ3) is 6.30. The Bertz CT molecular complexity index is 1020. The van der Waals surface area contributed by atoms with Crippen molar-refractivity contribution in [2.75, 3.05) is 17.7 Å². The monoisotopic (exact) mass is 404 g/mol.